The number of nitrogens with two attached hydrogens (primary N) is 1. The van der Waals surface area contributed by atoms with Crippen LogP contribution in [0.1, 0.15) is 58.3 Å². The van der Waals surface area contributed by atoms with E-state index in [9.17, 15) is 18.2 Å². The van der Waals surface area contributed by atoms with Crippen LogP contribution in [0.15, 0.2) is 65.1 Å². The summed E-state index contributed by atoms with van der Waals surface area (Å²) in [6, 6.07) is 18.1. The van der Waals surface area contributed by atoms with Crippen LogP contribution in [0.4, 0.5) is 0 Å². The molecule has 11 heteroatoms. The SMILES string of the molecule is CS(=O)(=O)N(CCC1OB(O)c2ccccc21)Cc1cc2oc(-c3ccc(Cl)cc3)c(C(N)=O)c2cc1C1CC1. The zero-order chi connectivity index (χ0) is 28.2. The fraction of sp³-hybridized carbons (Fsp3) is 0.276. The fourth-order valence-electron chi connectivity index (χ4n) is 5.53. The smallest absolute Gasteiger partial charge is 0.455 e. The van der Waals surface area contributed by atoms with Gasteiger partial charge in [0.2, 0.25) is 10.0 Å². The van der Waals surface area contributed by atoms with Crippen molar-refractivity contribution in [2.45, 2.75) is 37.8 Å². The van der Waals surface area contributed by atoms with E-state index in [0.717, 1.165) is 29.5 Å². The minimum absolute atomic E-state index is 0.139. The highest BCUT2D eigenvalue weighted by Gasteiger charge is 2.36. The first-order valence-electron chi connectivity index (χ1n) is 13.1. The predicted octanol–water partition coefficient (Wildman–Crippen LogP) is 4.34. The van der Waals surface area contributed by atoms with Gasteiger partial charge < -0.3 is 19.8 Å². The standard InChI is InChI=1S/C29H28BClN2O6S/c1-40(36,37)33(13-12-25-21-4-2-3-5-24(21)30(35)39-25)16-19-14-26-23(15-22(19)17-6-7-17)27(29(32)34)28(38-26)18-8-10-20(31)11-9-18/h2-5,8-11,14-15,17,25,35H,6-7,12-13,16H2,1H3,(H2,32,34). The predicted molar refractivity (Wildman–Crippen MR) is 155 cm³/mol. The molecule has 1 amide bonds. The van der Waals surface area contributed by atoms with Crippen molar-refractivity contribution in [3.63, 3.8) is 0 Å². The maximum Gasteiger partial charge on any atom is 0.491 e. The van der Waals surface area contributed by atoms with Gasteiger partial charge in [0.05, 0.1) is 17.9 Å². The van der Waals surface area contributed by atoms with Crippen LogP contribution in [0.5, 0.6) is 0 Å². The molecule has 3 aromatic carbocycles. The summed E-state index contributed by atoms with van der Waals surface area (Å²) in [5.41, 5.74) is 10.6. The van der Waals surface area contributed by atoms with Gasteiger partial charge in [-0.1, -0.05) is 35.9 Å². The normalized spacial score (nSPS) is 17.1. The quantitative estimate of drug-likeness (QED) is 0.285. The number of fused-ring (bicyclic) bond motifs is 2. The summed E-state index contributed by atoms with van der Waals surface area (Å²) >= 11 is 6.05. The van der Waals surface area contributed by atoms with E-state index in [-0.39, 0.29) is 19.0 Å². The number of primary amides is 1. The third kappa shape index (κ3) is 5.18. The number of rotatable bonds is 9. The van der Waals surface area contributed by atoms with Crippen molar-refractivity contribution in [1.82, 2.24) is 4.31 Å². The second-order valence-corrected chi connectivity index (χ2v) is 12.9. The Balaban J connectivity index is 1.35. The molecule has 0 bridgehead atoms. The summed E-state index contributed by atoms with van der Waals surface area (Å²) in [5, 5.41) is 11.4. The number of amides is 1. The third-order valence-corrected chi connectivity index (χ3v) is 9.18. The van der Waals surface area contributed by atoms with Gasteiger partial charge in [-0.2, -0.15) is 4.31 Å². The number of carbonyl (C=O) groups is 1. The molecule has 0 saturated heterocycles. The Kier molecular flexibility index (Phi) is 7.00. The number of hydrogen-bond donors (Lipinski definition) is 2. The molecule has 3 N–H and O–H groups in total. The van der Waals surface area contributed by atoms with Gasteiger partial charge in [-0.25, -0.2) is 8.42 Å². The molecule has 4 aromatic rings. The van der Waals surface area contributed by atoms with Crippen molar-refractivity contribution in [2.24, 2.45) is 5.73 Å². The molecule has 206 valence electrons. The summed E-state index contributed by atoms with van der Waals surface area (Å²) < 4.78 is 39.2. The second kappa shape index (κ2) is 10.4. The molecule has 2 aliphatic rings. The van der Waals surface area contributed by atoms with Crippen LogP contribution in [-0.4, -0.2) is 43.6 Å². The van der Waals surface area contributed by atoms with Crippen LogP contribution >= 0.6 is 11.6 Å². The minimum atomic E-state index is -3.59. The maximum atomic E-state index is 12.9. The van der Waals surface area contributed by atoms with Gasteiger partial charge in [0, 0.05) is 29.1 Å². The van der Waals surface area contributed by atoms with Crippen molar-refractivity contribution < 1.29 is 27.3 Å². The first-order valence-corrected chi connectivity index (χ1v) is 15.4. The monoisotopic (exact) mass is 578 g/mol. The Hall–Kier alpha value is -3.15. The Labute approximate surface area is 237 Å². The molecular formula is C29H28BClN2O6S. The van der Waals surface area contributed by atoms with E-state index in [1.54, 1.807) is 24.3 Å². The molecule has 40 heavy (non-hydrogen) atoms. The highest BCUT2D eigenvalue weighted by atomic mass is 35.5. The average Bonchev–Trinajstić information content (AvgIpc) is 3.61. The van der Waals surface area contributed by atoms with Crippen molar-refractivity contribution in [3.8, 4) is 11.3 Å². The molecule has 1 fully saturated rings. The van der Waals surface area contributed by atoms with Crippen LogP contribution in [-0.2, 0) is 21.2 Å². The molecule has 1 aliphatic heterocycles. The minimum Gasteiger partial charge on any atom is -0.455 e. The molecule has 1 saturated carbocycles. The lowest BCUT2D eigenvalue weighted by molar-refractivity contribution is 0.100. The number of carbonyl (C=O) groups excluding carboxylic acids is 1. The Morgan fingerprint density at radius 1 is 1.12 bits per heavy atom. The molecular weight excluding hydrogens is 551 g/mol. The van der Waals surface area contributed by atoms with Crippen LogP contribution in [0.25, 0.3) is 22.3 Å². The zero-order valence-electron chi connectivity index (χ0n) is 21.8. The van der Waals surface area contributed by atoms with E-state index in [4.69, 9.17) is 26.4 Å². The number of nitrogens with zero attached hydrogens (tertiary/aromatic N) is 1. The molecule has 1 aromatic heterocycles. The summed E-state index contributed by atoms with van der Waals surface area (Å²) in [4.78, 5) is 12.6. The summed E-state index contributed by atoms with van der Waals surface area (Å²) in [7, 11) is -4.61. The molecule has 1 aliphatic carbocycles. The highest BCUT2D eigenvalue weighted by molar-refractivity contribution is 7.88. The number of furan rings is 1. The van der Waals surface area contributed by atoms with Gasteiger partial charge >= 0.3 is 7.12 Å². The lowest BCUT2D eigenvalue weighted by Gasteiger charge is -2.23. The van der Waals surface area contributed by atoms with Gasteiger partial charge in [-0.15, -0.1) is 0 Å². The van der Waals surface area contributed by atoms with Crippen LogP contribution in [0.3, 0.4) is 0 Å². The molecule has 1 atom stereocenters. The lowest BCUT2D eigenvalue weighted by Crippen LogP contribution is -2.32. The van der Waals surface area contributed by atoms with Gasteiger partial charge in [0.15, 0.2) is 0 Å². The highest BCUT2D eigenvalue weighted by Crippen LogP contribution is 2.45. The Morgan fingerprint density at radius 2 is 1.85 bits per heavy atom. The first-order chi connectivity index (χ1) is 19.1. The van der Waals surface area contributed by atoms with Crippen LogP contribution in [0, 0.1) is 0 Å². The zero-order valence-corrected chi connectivity index (χ0v) is 23.4. The van der Waals surface area contributed by atoms with Crippen LogP contribution < -0.4 is 11.2 Å². The van der Waals surface area contributed by atoms with Gasteiger partial charge in [-0.3, -0.25) is 4.79 Å². The molecule has 0 spiro atoms. The third-order valence-electron chi connectivity index (χ3n) is 7.68. The van der Waals surface area contributed by atoms with Crippen molar-refractivity contribution in [1.29, 1.82) is 0 Å². The maximum absolute atomic E-state index is 12.9. The van der Waals surface area contributed by atoms with E-state index < -0.39 is 29.2 Å². The van der Waals surface area contributed by atoms with E-state index in [1.807, 2.05) is 36.4 Å². The van der Waals surface area contributed by atoms with E-state index in [1.165, 1.54) is 10.6 Å². The fourth-order valence-corrected chi connectivity index (χ4v) is 6.47. The summed E-state index contributed by atoms with van der Waals surface area (Å²) in [6.45, 7) is 0.341. The Morgan fingerprint density at radius 3 is 2.52 bits per heavy atom. The molecule has 0 radical (unpaired) electrons. The lowest BCUT2D eigenvalue weighted by atomic mass is 9.79. The Bertz CT molecular complexity index is 1720. The van der Waals surface area contributed by atoms with Gasteiger partial charge in [0.25, 0.3) is 5.91 Å². The van der Waals surface area contributed by atoms with E-state index >= 15 is 0 Å². The number of benzene rings is 3. The largest absolute Gasteiger partial charge is 0.491 e. The van der Waals surface area contributed by atoms with Gasteiger partial charge in [0.1, 0.15) is 11.3 Å². The van der Waals surface area contributed by atoms with Crippen molar-refractivity contribution in [3.05, 3.63) is 87.9 Å². The topological polar surface area (TPSA) is 123 Å². The second-order valence-electron chi connectivity index (χ2n) is 10.5. The van der Waals surface area contributed by atoms with E-state index in [2.05, 4.69) is 0 Å². The molecule has 6 rings (SSSR count). The van der Waals surface area contributed by atoms with Crippen LogP contribution in [0.2, 0.25) is 5.02 Å². The van der Waals surface area contributed by atoms with Crippen molar-refractivity contribution in [2.75, 3.05) is 12.8 Å². The summed E-state index contributed by atoms with van der Waals surface area (Å²) in [5.74, 6) is 0.0271. The van der Waals surface area contributed by atoms with Crippen molar-refractivity contribution >= 4 is 51.1 Å². The number of halogens is 1. The molecule has 8 nitrogen and oxygen atoms in total. The average molecular weight is 579 g/mol. The number of sulfonamides is 1. The van der Waals surface area contributed by atoms with E-state index in [0.29, 0.717) is 44.8 Å². The number of hydrogen-bond acceptors (Lipinski definition) is 6. The molecule has 2 heterocycles. The van der Waals surface area contributed by atoms with Gasteiger partial charge in [-0.05, 0) is 83.7 Å². The summed E-state index contributed by atoms with van der Waals surface area (Å²) in [6.07, 6.45) is 3.13. The first kappa shape index (κ1) is 27.0. The molecule has 1 unspecified atom stereocenters.